The summed E-state index contributed by atoms with van der Waals surface area (Å²) in [6.45, 7) is 2.85. The highest BCUT2D eigenvalue weighted by Gasteiger charge is 2.51. The van der Waals surface area contributed by atoms with Gasteiger partial charge in [0.2, 0.25) is 0 Å². The lowest BCUT2D eigenvalue weighted by atomic mass is 9.97. The first-order valence-corrected chi connectivity index (χ1v) is 15.6. The first kappa shape index (κ1) is 32.5. The van der Waals surface area contributed by atoms with Gasteiger partial charge in [0.05, 0.1) is 33.4 Å². The Morgan fingerprint density at radius 1 is 1.23 bits per heavy atom. The molecule has 9 nitrogen and oxygen atoms in total. The molecule has 1 saturated heterocycles. The molecule has 15 heteroatoms. The van der Waals surface area contributed by atoms with E-state index in [-0.39, 0.29) is 72.0 Å². The van der Waals surface area contributed by atoms with Crippen molar-refractivity contribution in [2.45, 2.75) is 37.8 Å². The van der Waals surface area contributed by atoms with Gasteiger partial charge in [0.25, 0.3) is 5.92 Å². The summed E-state index contributed by atoms with van der Waals surface area (Å²) in [5.41, 5.74) is 11.6. The molecule has 4 N–H and O–H groups in total. The molecule has 2 aromatic carbocycles. The highest BCUT2D eigenvalue weighted by Crippen LogP contribution is 2.46. The summed E-state index contributed by atoms with van der Waals surface area (Å²) in [5, 5.41) is 10.2. The van der Waals surface area contributed by atoms with E-state index >= 15 is 4.39 Å². The Kier molecular flexibility index (Phi) is 8.06. The molecule has 1 aliphatic heterocycles. The molecule has 0 bridgehead atoms. The van der Waals surface area contributed by atoms with Crippen LogP contribution >= 0.6 is 22.9 Å². The quantitative estimate of drug-likeness (QED) is 0.171. The van der Waals surface area contributed by atoms with Crippen LogP contribution in [0.3, 0.4) is 0 Å². The number of halogens is 5. The summed E-state index contributed by atoms with van der Waals surface area (Å²) in [4.78, 5) is 16.4. The molecule has 0 radical (unpaired) electrons. The molecule has 0 aliphatic carbocycles. The minimum Gasteiger partial charge on any atom is -0.461 e. The van der Waals surface area contributed by atoms with Crippen LogP contribution in [0.5, 0.6) is 6.01 Å². The number of nitriles is 1. The monoisotopic (exact) mass is 684 g/mol. The molecule has 6 rings (SSSR count). The Morgan fingerprint density at radius 3 is 2.64 bits per heavy atom. The lowest BCUT2D eigenvalue weighted by molar-refractivity contribution is 0.0116. The average Bonchev–Trinajstić information content (AvgIpc) is 3.47. The molecule has 1 aliphatic rings. The van der Waals surface area contributed by atoms with Crippen molar-refractivity contribution >= 4 is 60.6 Å². The molecule has 1 fully saturated rings. The number of likely N-dealkylation sites (N-methyl/N-ethyl adjacent to an activating group) is 1. The third kappa shape index (κ3) is 5.52. The van der Waals surface area contributed by atoms with E-state index in [0.717, 1.165) is 17.4 Å². The van der Waals surface area contributed by atoms with Gasteiger partial charge >= 0.3 is 6.01 Å². The van der Waals surface area contributed by atoms with Crippen LogP contribution in [0.25, 0.3) is 32.1 Å². The maximum atomic E-state index is 16.9. The van der Waals surface area contributed by atoms with Crippen molar-refractivity contribution in [2.75, 3.05) is 43.6 Å². The average molecular weight is 685 g/mol. The molecule has 2 atom stereocenters. The number of ether oxygens (including phenoxy) is 1. The second kappa shape index (κ2) is 11.7. The second-order valence-electron chi connectivity index (χ2n) is 12.0. The number of nitrogens with zero attached hydrogens (tertiary/aromatic N) is 6. The second-order valence-corrected chi connectivity index (χ2v) is 13.4. The van der Waals surface area contributed by atoms with Crippen molar-refractivity contribution in [2.24, 2.45) is 0 Å². The van der Waals surface area contributed by atoms with Crippen LogP contribution in [0.15, 0.2) is 36.5 Å². The molecule has 0 spiro atoms. The number of nitrogens with two attached hydrogens (primary N) is 2. The Bertz CT molecular complexity index is 2100. The predicted octanol–water partition coefficient (Wildman–Crippen LogP) is 7.18. The van der Waals surface area contributed by atoms with Crippen molar-refractivity contribution < 1.29 is 22.3 Å². The lowest BCUT2D eigenvalue weighted by Crippen LogP contribution is -2.43. The van der Waals surface area contributed by atoms with Gasteiger partial charge in [-0.1, -0.05) is 23.7 Å². The molecule has 3 aromatic heterocycles. The Balaban J connectivity index is 1.55. The van der Waals surface area contributed by atoms with Crippen LogP contribution < -0.4 is 21.1 Å². The van der Waals surface area contributed by atoms with Crippen LogP contribution in [0.4, 0.5) is 34.2 Å². The smallest absolute Gasteiger partial charge is 0.319 e. The summed E-state index contributed by atoms with van der Waals surface area (Å²) >= 11 is 7.65. The van der Waals surface area contributed by atoms with Crippen LogP contribution in [-0.4, -0.2) is 58.6 Å². The van der Waals surface area contributed by atoms with Crippen LogP contribution in [0.2, 0.25) is 5.02 Å². The van der Waals surface area contributed by atoms with Gasteiger partial charge in [-0.15, -0.1) is 11.3 Å². The normalized spacial score (nSPS) is 18.5. The molecule has 47 heavy (non-hydrogen) atoms. The fourth-order valence-electron chi connectivity index (χ4n) is 6.09. The number of benzene rings is 2. The van der Waals surface area contributed by atoms with Gasteiger partial charge in [-0.25, -0.2) is 22.5 Å². The van der Waals surface area contributed by atoms with E-state index in [9.17, 15) is 18.4 Å². The van der Waals surface area contributed by atoms with Gasteiger partial charge in [-0.3, -0.25) is 4.90 Å². The number of likely N-dealkylation sites (tertiary alicyclic amines) is 1. The number of rotatable bonds is 7. The Labute approximate surface area is 276 Å². The summed E-state index contributed by atoms with van der Waals surface area (Å²) < 4.78 is 66.4. The molecule has 1 unspecified atom stereocenters. The van der Waals surface area contributed by atoms with Crippen molar-refractivity contribution in [1.82, 2.24) is 19.9 Å². The van der Waals surface area contributed by atoms with E-state index in [4.69, 9.17) is 27.8 Å². The molecule has 0 amide bonds. The summed E-state index contributed by atoms with van der Waals surface area (Å²) in [7, 11) is 3.29. The number of anilines is 3. The number of aromatic nitrogens is 3. The number of hydrogen-bond acceptors (Lipinski definition) is 10. The molecular formula is C32H29ClF4N8OS. The van der Waals surface area contributed by atoms with Gasteiger partial charge in [0.1, 0.15) is 40.6 Å². The standard InChI is InChI=1S/C32H29ClF4N8OS/c1-15(16-6-5-9-41-27(16)39)45(4)29-18-10-20(33)23(17-7-8-21(34)26-22(17)19(11-38)28(40)47-26)24(35)25(18)42-30(43-29)46-14-31(2)12-32(36,37)13-44(31)3/h5-10,15H,12-14,40H2,1-4H3,(H2,39,41)/t15-,31?/m1/s1. The maximum Gasteiger partial charge on any atom is 0.319 e. The zero-order chi connectivity index (χ0) is 34.0. The van der Waals surface area contributed by atoms with Crippen LogP contribution in [-0.2, 0) is 0 Å². The topological polar surface area (TPSA) is 130 Å². The lowest BCUT2D eigenvalue weighted by Gasteiger charge is -2.31. The zero-order valence-electron chi connectivity index (χ0n) is 25.7. The van der Waals surface area contributed by atoms with Gasteiger partial charge in [-0.05, 0) is 44.7 Å². The highest BCUT2D eigenvalue weighted by atomic mass is 35.5. The van der Waals surface area contributed by atoms with Crippen molar-refractivity contribution in [3.63, 3.8) is 0 Å². The van der Waals surface area contributed by atoms with Crippen molar-refractivity contribution in [1.29, 1.82) is 5.26 Å². The molecule has 244 valence electrons. The van der Waals surface area contributed by atoms with Gasteiger partial charge < -0.3 is 21.1 Å². The zero-order valence-corrected chi connectivity index (χ0v) is 27.3. The maximum absolute atomic E-state index is 16.9. The fraction of sp³-hybridized carbons (Fsp3) is 0.312. The Hall–Kier alpha value is -4.45. The molecule has 5 aromatic rings. The largest absolute Gasteiger partial charge is 0.461 e. The number of alkyl halides is 2. The SMILES string of the molecule is C[C@H](c1cccnc1N)N(C)c1nc(OCC2(C)CC(F)(F)CN2C)nc2c(F)c(-c3ccc(F)c4sc(N)c(C#N)c34)c(Cl)cc12. The number of thiophene rings is 1. The first-order chi connectivity index (χ1) is 22.2. The number of pyridine rings is 1. The number of hydrogen-bond donors (Lipinski definition) is 2. The van der Waals surface area contributed by atoms with E-state index in [0.29, 0.717) is 5.56 Å². The van der Waals surface area contributed by atoms with Crippen molar-refractivity contribution in [3.05, 3.63) is 64.3 Å². The molecular weight excluding hydrogens is 656 g/mol. The number of fused-ring (bicyclic) bond motifs is 2. The minimum absolute atomic E-state index is 0.00388. The molecule has 4 heterocycles. The van der Waals surface area contributed by atoms with E-state index in [1.807, 2.05) is 13.0 Å². The van der Waals surface area contributed by atoms with E-state index in [1.165, 1.54) is 17.0 Å². The summed E-state index contributed by atoms with van der Waals surface area (Å²) in [6, 6.07) is 8.78. The van der Waals surface area contributed by atoms with Crippen molar-refractivity contribution in [3.8, 4) is 23.2 Å². The summed E-state index contributed by atoms with van der Waals surface area (Å²) in [5.74, 6) is -3.92. The van der Waals surface area contributed by atoms with Gasteiger partial charge in [0.15, 0.2) is 5.82 Å². The minimum atomic E-state index is -2.91. The summed E-state index contributed by atoms with van der Waals surface area (Å²) in [6.07, 6.45) is 1.11. The Morgan fingerprint density at radius 2 is 1.98 bits per heavy atom. The van der Waals surface area contributed by atoms with Gasteiger partial charge in [0, 0.05) is 41.6 Å². The third-order valence-corrected chi connectivity index (χ3v) is 10.1. The van der Waals surface area contributed by atoms with E-state index in [1.54, 1.807) is 44.2 Å². The van der Waals surface area contributed by atoms with E-state index < -0.39 is 42.1 Å². The molecule has 0 saturated carbocycles. The first-order valence-electron chi connectivity index (χ1n) is 14.4. The number of nitrogen functional groups attached to an aromatic ring is 2. The predicted molar refractivity (Wildman–Crippen MR) is 176 cm³/mol. The highest BCUT2D eigenvalue weighted by molar-refractivity contribution is 7.23. The third-order valence-electron chi connectivity index (χ3n) is 8.82. The van der Waals surface area contributed by atoms with Crippen LogP contribution in [0.1, 0.15) is 37.4 Å². The van der Waals surface area contributed by atoms with Crippen LogP contribution in [0, 0.1) is 23.0 Å². The van der Waals surface area contributed by atoms with Gasteiger partial charge in [-0.2, -0.15) is 15.2 Å². The fourth-order valence-corrected chi connectivity index (χ4v) is 7.33. The van der Waals surface area contributed by atoms with E-state index in [2.05, 4.69) is 15.0 Å².